The normalized spacial score (nSPS) is 12.6. The van der Waals surface area contributed by atoms with Crippen molar-refractivity contribution >= 4 is 65.6 Å². The summed E-state index contributed by atoms with van der Waals surface area (Å²) in [6.07, 6.45) is 61.9. The van der Waals surface area contributed by atoms with Crippen LogP contribution in [0.3, 0.4) is 0 Å². The van der Waals surface area contributed by atoms with Gasteiger partial charge < -0.3 is 9.13 Å². The summed E-state index contributed by atoms with van der Waals surface area (Å²) >= 11 is 10.7. The van der Waals surface area contributed by atoms with Gasteiger partial charge in [0.2, 0.25) is 0 Å². The highest BCUT2D eigenvalue weighted by molar-refractivity contribution is 9.11. The van der Waals surface area contributed by atoms with Gasteiger partial charge in [-0.3, -0.25) is 9.59 Å². The van der Waals surface area contributed by atoms with Crippen LogP contribution in [0.25, 0.3) is 31.9 Å². The zero-order chi connectivity index (χ0) is 55.7. The average Bonchev–Trinajstić information content (AvgIpc) is 4.24. The van der Waals surface area contributed by atoms with Crippen LogP contribution >= 0.6 is 54.5 Å². The molecule has 4 heterocycles. The number of pyridine rings is 2. The number of rotatable bonds is 52. The molecule has 4 rings (SSSR count). The Morgan fingerprint density at radius 3 is 0.795 bits per heavy atom. The fraction of sp³-hybridized carbons (Fsp3) is 0.771. The second-order valence-electron chi connectivity index (χ2n) is 24.2. The summed E-state index contributed by atoms with van der Waals surface area (Å²) in [7, 11) is 0. The van der Waals surface area contributed by atoms with E-state index in [9.17, 15) is 9.59 Å². The van der Waals surface area contributed by atoms with Crippen LogP contribution in [0, 0.1) is 11.8 Å². The number of fused-ring (bicyclic) bond motifs is 1. The Balaban J connectivity index is 1.50. The zero-order valence-electron chi connectivity index (χ0n) is 50.8. The minimum absolute atomic E-state index is 0.0667. The van der Waals surface area contributed by atoms with Gasteiger partial charge >= 0.3 is 0 Å². The van der Waals surface area contributed by atoms with Crippen LogP contribution in [-0.2, 0) is 13.1 Å². The molecule has 4 nitrogen and oxygen atoms in total. The van der Waals surface area contributed by atoms with E-state index in [0.717, 1.165) is 65.9 Å². The van der Waals surface area contributed by atoms with Crippen molar-refractivity contribution < 1.29 is 0 Å². The van der Waals surface area contributed by atoms with E-state index >= 15 is 0 Å². The van der Waals surface area contributed by atoms with Crippen LogP contribution in [0.5, 0.6) is 0 Å². The lowest BCUT2D eigenvalue weighted by molar-refractivity contribution is 0.363. The van der Waals surface area contributed by atoms with Crippen molar-refractivity contribution in [1.82, 2.24) is 9.13 Å². The number of hydrogen-bond donors (Lipinski definition) is 0. The lowest BCUT2D eigenvalue weighted by Gasteiger charge is -2.20. The smallest absolute Gasteiger partial charge is 0.259 e. The highest BCUT2D eigenvalue weighted by atomic mass is 79.9. The molecule has 0 radical (unpaired) electrons. The molecule has 0 amide bonds. The molecule has 0 aromatic carbocycles. The average molecular weight is 1240 g/mol. The highest BCUT2D eigenvalue weighted by Crippen LogP contribution is 2.35. The molecule has 78 heavy (non-hydrogen) atoms. The number of aromatic nitrogens is 2. The Labute approximate surface area is 504 Å². The monoisotopic (exact) mass is 1240 g/mol. The maximum atomic E-state index is 15.0. The number of aryl methyl sites for hydroxylation is 2. The standard InChI is InChI=1S/C70H116Br2N2O2S2/c1-5-9-13-17-21-25-27-31-35-39-47-59(45-37-33-29-23-19-15-11-7-3)49-41-43-55-73-63-57-62(66-52-54-68(72)78-66)70(76)74(64(63)58-61(69(73)75)65-51-53-67(71)77-65)56-44-42-50-60(46-38-34-30-24-20-16-12-8-4)48-40-36-32-28-26-22-18-14-10-6-2/h51-54,57-60H,5-50,55-56H2,1-4H3. The molecule has 0 aliphatic heterocycles. The van der Waals surface area contributed by atoms with Gasteiger partial charge in [0.25, 0.3) is 11.1 Å². The van der Waals surface area contributed by atoms with Gasteiger partial charge in [-0.1, -0.05) is 310 Å². The van der Waals surface area contributed by atoms with Crippen LogP contribution in [-0.4, -0.2) is 9.13 Å². The molecule has 0 bridgehead atoms. The van der Waals surface area contributed by atoms with Crippen molar-refractivity contribution in [2.45, 2.75) is 336 Å². The van der Waals surface area contributed by atoms with Crippen LogP contribution in [0.2, 0.25) is 0 Å². The third kappa shape index (κ3) is 28.7. The molecular formula is C70H116Br2N2O2S2. The molecule has 0 fully saturated rings. The summed E-state index contributed by atoms with van der Waals surface area (Å²) < 4.78 is 6.18. The fourth-order valence-corrected chi connectivity index (χ4v) is 15.2. The highest BCUT2D eigenvalue weighted by Gasteiger charge is 2.21. The van der Waals surface area contributed by atoms with Crippen molar-refractivity contribution in [2.24, 2.45) is 11.8 Å². The number of hydrogen-bond acceptors (Lipinski definition) is 4. The summed E-state index contributed by atoms with van der Waals surface area (Å²) in [6, 6.07) is 12.4. The van der Waals surface area contributed by atoms with E-state index in [1.165, 1.54) is 270 Å². The quantitative estimate of drug-likeness (QED) is 0.0414. The van der Waals surface area contributed by atoms with E-state index in [0.29, 0.717) is 24.2 Å². The van der Waals surface area contributed by atoms with Gasteiger partial charge in [-0.05, 0) is 92.9 Å². The molecule has 4 aromatic rings. The van der Waals surface area contributed by atoms with Crippen LogP contribution < -0.4 is 11.1 Å². The molecule has 2 atom stereocenters. The van der Waals surface area contributed by atoms with Crippen molar-refractivity contribution in [3.63, 3.8) is 0 Å². The molecule has 2 unspecified atom stereocenters. The Morgan fingerprint density at radius 1 is 0.333 bits per heavy atom. The first kappa shape index (κ1) is 69.0. The van der Waals surface area contributed by atoms with Gasteiger partial charge in [-0.25, -0.2) is 0 Å². The molecule has 8 heteroatoms. The molecule has 444 valence electrons. The lowest BCUT2D eigenvalue weighted by Crippen LogP contribution is -2.28. The van der Waals surface area contributed by atoms with E-state index in [1.54, 1.807) is 22.7 Å². The first-order valence-electron chi connectivity index (χ1n) is 33.6. The second-order valence-corrected chi connectivity index (χ2v) is 29.1. The Hall–Kier alpha value is -1.48. The van der Waals surface area contributed by atoms with Gasteiger partial charge in [-0.2, -0.15) is 0 Å². The molecule has 0 saturated heterocycles. The van der Waals surface area contributed by atoms with Crippen LogP contribution in [0.1, 0.15) is 323 Å². The van der Waals surface area contributed by atoms with Gasteiger partial charge in [-0.15, -0.1) is 22.7 Å². The van der Waals surface area contributed by atoms with Crippen molar-refractivity contribution in [2.75, 3.05) is 0 Å². The van der Waals surface area contributed by atoms with E-state index in [-0.39, 0.29) is 11.1 Å². The predicted molar refractivity (Wildman–Crippen MR) is 357 cm³/mol. The Morgan fingerprint density at radius 2 is 0.564 bits per heavy atom. The van der Waals surface area contributed by atoms with Crippen LogP contribution in [0.15, 0.2) is 53.6 Å². The maximum absolute atomic E-state index is 15.0. The second kappa shape index (κ2) is 45.0. The number of nitrogens with zero attached hydrogens (tertiary/aromatic N) is 2. The van der Waals surface area contributed by atoms with E-state index < -0.39 is 0 Å². The molecule has 0 aliphatic rings. The van der Waals surface area contributed by atoms with Crippen molar-refractivity contribution in [3.05, 3.63) is 64.7 Å². The van der Waals surface area contributed by atoms with E-state index in [4.69, 9.17) is 0 Å². The topological polar surface area (TPSA) is 44.0 Å². The largest absolute Gasteiger partial charge is 0.306 e. The molecule has 0 saturated carbocycles. The summed E-state index contributed by atoms with van der Waals surface area (Å²) in [5.41, 5.74) is 3.39. The first-order chi connectivity index (χ1) is 38.3. The number of unbranched alkanes of at least 4 members (excludes halogenated alkanes) is 34. The third-order valence-electron chi connectivity index (χ3n) is 17.4. The van der Waals surface area contributed by atoms with E-state index in [2.05, 4.69) is 105 Å². The fourth-order valence-electron chi connectivity index (χ4n) is 12.4. The minimum atomic E-state index is 0.0667. The maximum Gasteiger partial charge on any atom is 0.259 e. The van der Waals surface area contributed by atoms with Gasteiger partial charge in [0.1, 0.15) is 0 Å². The van der Waals surface area contributed by atoms with Crippen LogP contribution in [0.4, 0.5) is 0 Å². The SMILES string of the molecule is CCCCCCCCCCCCC(CCCCCCCCCC)CCCCn1c(=O)c(-c2ccc(Br)s2)cc2c1cc(-c1ccc(Br)s1)c(=O)n2CCCCC(CCCCCCCCCC)CCCCCCCCCCCC. The summed E-state index contributed by atoms with van der Waals surface area (Å²) in [4.78, 5) is 31.9. The molecular weight excluding hydrogens is 1120 g/mol. The van der Waals surface area contributed by atoms with Crippen molar-refractivity contribution in [3.8, 4) is 20.9 Å². The predicted octanol–water partition coefficient (Wildman–Crippen LogP) is 25.4. The number of halogens is 2. The molecule has 0 aliphatic carbocycles. The Kier molecular flexibility index (Phi) is 39.8. The summed E-state index contributed by atoms with van der Waals surface area (Å²) in [5.74, 6) is 1.54. The Bertz CT molecular complexity index is 2050. The summed E-state index contributed by atoms with van der Waals surface area (Å²) in [5, 5.41) is 0. The molecule has 0 spiro atoms. The van der Waals surface area contributed by atoms with Gasteiger partial charge in [0.05, 0.1) is 29.7 Å². The van der Waals surface area contributed by atoms with Crippen molar-refractivity contribution in [1.29, 1.82) is 0 Å². The van der Waals surface area contributed by atoms with Gasteiger partial charge in [0.15, 0.2) is 0 Å². The van der Waals surface area contributed by atoms with E-state index in [1.807, 2.05) is 0 Å². The first-order valence-corrected chi connectivity index (χ1v) is 36.9. The zero-order valence-corrected chi connectivity index (χ0v) is 55.6. The summed E-state index contributed by atoms with van der Waals surface area (Å²) in [6.45, 7) is 10.6. The molecule has 0 N–H and O–H groups in total. The van der Waals surface area contributed by atoms with Gasteiger partial charge in [0, 0.05) is 22.8 Å². The minimum Gasteiger partial charge on any atom is -0.306 e. The molecule has 4 aromatic heterocycles. The lowest BCUT2D eigenvalue weighted by atomic mass is 9.89. The number of thiophene rings is 2. The third-order valence-corrected chi connectivity index (χ3v) is 20.7.